The van der Waals surface area contributed by atoms with Crippen molar-refractivity contribution in [2.24, 2.45) is 5.92 Å². The van der Waals surface area contributed by atoms with E-state index in [1.165, 1.54) is 12.8 Å². The SMILES string of the molecule is CC#CC(C1CC1)n1c(CC)nc2c(-c3ccc(Cl)cc3Cl)ncnc21. The zero-order valence-corrected chi connectivity index (χ0v) is 16.1. The Balaban J connectivity index is 1.96. The Morgan fingerprint density at radius 1 is 1.27 bits per heavy atom. The van der Waals surface area contributed by atoms with E-state index in [9.17, 15) is 0 Å². The lowest BCUT2D eigenvalue weighted by Crippen LogP contribution is -2.13. The summed E-state index contributed by atoms with van der Waals surface area (Å²) in [6.07, 6.45) is 4.77. The van der Waals surface area contributed by atoms with Crippen LogP contribution in [0.5, 0.6) is 0 Å². The van der Waals surface area contributed by atoms with Crippen molar-refractivity contribution in [2.45, 2.75) is 39.2 Å². The predicted octanol–water partition coefficient (Wildman–Crippen LogP) is 5.34. The quantitative estimate of drug-likeness (QED) is 0.570. The minimum atomic E-state index is 0.114. The van der Waals surface area contributed by atoms with E-state index in [4.69, 9.17) is 28.2 Å². The van der Waals surface area contributed by atoms with Gasteiger partial charge in [-0.2, -0.15) is 0 Å². The molecule has 4 rings (SSSR count). The van der Waals surface area contributed by atoms with Gasteiger partial charge in [0.05, 0.1) is 5.02 Å². The molecule has 1 saturated carbocycles. The summed E-state index contributed by atoms with van der Waals surface area (Å²) in [5.41, 5.74) is 3.11. The van der Waals surface area contributed by atoms with Gasteiger partial charge in [0.25, 0.3) is 0 Å². The van der Waals surface area contributed by atoms with Crippen molar-refractivity contribution in [1.29, 1.82) is 0 Å². The van der Waals surface area contributed by atoms with E-state index in [1.54, 1.807) is 12.4 Å². The molecule has 1 aromatic carbocycles. The van der Waals surface area contributed by atoms with E-state index in [-0.39, 0.29) is 6.04 Å². The Labute approximate surface area is 162 Å². The van der Waals surface area contributed by atoms with Crippen LogP contribution in [0, 0.1) is 17.8 Å². The highest BCUT2D eigenvalue weighted by molar-refractivity contribution is 6.36. The summed E-state index contributed by atoms with van der Waals surface area (Å²) in [6, 6.07) is 5.52. The molecule has 26 heavy (non-hydrogen) atoms. The molecule has 0 N–H and O–H groups in total. The summed E-state index contributed by atoms with van der Waals surface area (Å²) in [4.78, 5) is 13.9. The van der Waals surface area contributed by atoms with Crippen LogP contribution in [-0.4, -0.2) is 19.5 Å². The first-order chi connectivity index (χ1) is 12.6. The first-order valence-corrected chi connectivity index (χ1v) is 9.49. The van der Waals surface area contributed by atoms with E-state index >= 15 is 0 Å². The molecule has 1 aliphatic rings. The molecule has 132 valence electrons. The topological polar surface area (TPSA) is 43.6 Å². The maximum Gasteiger partial charge on any atom is 0.165 e. The predicted molar refractivity (Wildman–Crippen MR) is 105 cm³/mol. The minimum absolute atomic E-state index is 0.114. The fourth-order valence-electron chi connectivity index (χ4n) is 3.33. The maximum absolute atomic E-state index is 6.42. The number of aromatic nitrogens is 4. The van der Waals surface area contributed by atoms with Gasteiger partial charge in [-0.25, -0.2) is 15.0 Å². The number of hydrogen-bond donors (Lipinski definition) is 0. The zero-order valence-electron chi connectivity index (χ0n) is 14.6. The molecule has 2 aromatic heterocycles. The van der Waals surface area contributed by atoms with Crippen LogP contribution in [0.1, 0.15) is 38.6 Å². The first kappa shape index (κ1) is 17.3. The molecule has 6 heteroatoms. The van der Waals surface area contributed by atoms with Crippen molar-refractivity contribution >= 4 is 34.4 Å². The molecule has 0 spiro atoms. The Morgan fingerprint density at radius 3 is 2.73 bits per heavy atom. The Bertz CT molecular complexity index is 1040. The lowest BCUT2D eigenvalue weighted by Gasteiger charge is -2.15. The third kappa shape index (κ3) is 2.96. The molecule has 3 aromatic rings. The molecule has 0 bridgehead atoms. The number of halogens is 2. The summed E-state index contributed by atoms with van der Waals surface area (Å²) in [5, 5.41) is 1.15. The van der Waals surface area contributed by atoms with E-state index in [1.807, 2.05) is 19.1 Å². The van der Waals surface area contributed by atoms with Crippen molar-refractivity contribution in [3.8, 4) is 23.1 Å². The van der Waals surface area contributed by atoms with Crippen molar-refractivity contribution in [2.75, 3.05) is 0 Å². The minimum Gasteiger partial charge on any atom is -0.298 e. The first-order valence-electron chi connectivity index (χ1n) is 8.73. The number of rotatable bonds is 4. The van der Waals surface area contributed by atoms with E-state index < -0.39 is 0 Å². The Kier molecular flexibility index (Phi) is 4.60. The normalized spacial score (nSPS) is 14.9. The third-order valence-electron chi connectivity index (χ3n) is 4.69. The lowest BCUT2D eigenvalue weighted by molar-refractivity contribution is 0.543. The van der Waals surface area contributed by atoms with E-state index in [0.29, 0.717) is 16.0 Å². The van der Waals surface area contributed by atoms with Gasteiger partial charge in [0.15, 0.2) is 5.65 Å². The number of fused-ring (bicyclic) bond motifs is 1. The molecule has 1 aliphatic carbocycles. The molecule has 1 unspecified atom stereocenters. The van der Waals surface area contributed by atoms with Crippen LogP contribution in [0.4, 0.5) is 0 Å². The highest BCUT2D eigenvalue weighted by Crippen LogP contribution is 2.42. The van der Waals surface area contributed by atoms with Crippen molar-refractivity contribution in [3.63, 3.8) is 0 Å². The number of benzene rings is 1. The second-order valence-electron chi connectivity index (χ2n) is 6.45. The number of hydrogen-bond acceptors (Lipinski definition) is 3. The smallest absolute Gasteiger partial charge is 0.165 e. The van der Waals surface area contributed by atoms with Gasteiger partial charge in [0.1, 0.15) is 29.4 Å². The fourth-order valence-corrected chi connectivity index (χ4v) is 3.83. The highest BCUT2D eigenvalue weighted by atomic mass is 35.5. The van der Waals surface area contributed by atoms with Gasteiger partial charge in [0, 0.05) is 17.0 Å². The van der Waals surface area contributed by atoms with Gasteiger partial charge in [-0.3, -0.25) is 4.57 Å². The number of nitrogens with zero attached hydrogens (tertiary/aromatic N) is 4. The zero-order chi connectivity index (χ0) is 18.3. The van der Waals surface area contributed by atoms with E-state index in [2.05, 4.69) is 33.3 Å². The van der Waals surface area contributed by atoms with Crippen LogP contribution in [0.25, 0.3) is 22.4 Å². The molecule has 2 heterocycles. The summed E-state index contributed by atoms with van der Waals surface area (Å²) in [6.45, 7) is 3.98. The molecule has 0 radical (unpaired) electrons. The largest absolute Gasteiger partial charge is 0.298 e. The highest BCUT2D eigenvalue weighted by Gasteiger charge is 2.34. The Hall–Kier alpha value is -2.09. The van der Waals surface area contributed by atoms with Gasteiger partial charge < -0.3 is 0 Å². The van der Waals surface area contributed by atoms with Crippen molar-refractivity contribution in [3.05, 3.63) is 40.4 Å². The molecule has 0 aliphatic heterocycles. The second-order valence-corrected chi connectivity index (χ2v) is 7.29. The van der Waals surface area contributed by atoms with Crippen LogP contribution in [0.3, 0.4) is 0 Å². The van der Waals surface area contributed by atoms with Crippen LogP contribution < -0.4 is 0 Å². The molecule has 0 saturated heterocycles. The average Bonchev–Trinajstić information content (AvgIpc) is 3.40. The summed E-state index contributed by atoms with van der Waals surface area (Å²) in [7, 11) is 0. The molecule has 0 amide bonds. The standard InChI is InChI=1S/C20H18Cl2N4/c1-3-5-16(12-6-7-12)26-17(4-2)25-19-18(23-11-24-20(19)26)14-9-8-13(21)10-15(14)22/h8-12,16H,4,6-7H2,1-2H3. The maximum atomic E-state index is 6.42. The van der Waals surface area contributed by atoms with Gasteiger partial charge >= 0.3 is 0 Å². The molecular formula is C20H18Cl2N4. The van der Waals surface area contributed by atoms with Crippen molar-refractivity contribution in [1.82, 2.24) is 19.5 Å². The molecule has 1 atom stereocenters. The van der Waals surface area contributed by atoms with Gasteiger partial charge in [-0.15, -0.1) is 5.92 Å². The molecule has 4 nitrogen and oxygen atoms in total. The van der Waals surface area contributed by atoms with Crippen LogP contribution >= 0.6 is 23.2 Å². The number of aryl methyl sites for hydroxylation is 1. The van der Waals surface area contributed by atoms with Gasteiger partial charge in [0.2, 0.25) is 0 Å². The monoisotopic (exact) mass is 384 g/mol. The molecular weight excluding hydrogens is 367 g/mol. The summed E-state index contributed by atoms with van der Waals surface area (Å²) >= 11 is 12.5. The van der Waals surface area contributed by atoms with Crippen LogP contribution in [0.2, 0.25) is 10.0 Å². The number of imidazole rings is 1. The van der Waals surface area contributed by atoms with Gasteiger partial charge in [-0.05, 0) is 43.9 Å². The van der Waals surface area contributed by atoms with Crippen LogP contribution in [-0.2, 0) is 6.42 Å². The van der Waals surface area contributed by atoms with Crippen LogP contribution in [0.15, 0.2) is 24.5 Å². The lowest BCUT2D eigenvalue weighted by atomic mass is 10.1. The molecule has 1 fully saturated rings. The third-order valence-corrected chi connectivity index (χ3v) is 5.24. The van der Waals surface area contributed by atoms with E-state index in [0.717, 1.165) is 34.7 Å². The van der Waals surface area contributed by atoms with Gasteiger partial charge in [-0.1, -0.05) is 36.0 Å². The van der Waals surface area contributed by atoms with Crippen molar-refractivity contribution < 1.29 is 0 Å². The Morgan fingerprint density at radius 2 is 2.08 bits per heavy atom. The summed E-state index contributed by atoms with van der Waals surface area (Å²) in [5.74, 6) is 7.99. The fraction of sp³-hybridized carbons (Fsp3) is 0.350. The average molecular weight is 385 g/mol. The second kappa shape index (κ2) is 6.90. The summed E-state index contributed by atoms with van der Waals surface area (Å²) < 4.78 is 2.19.